The summed E-state index contributed by atoms with van der Waals surface area (Å²) in [5, 5.41) is 6.24. The minimum atomic E-state index is 0.263. The van der Waals surface area contributed by atoms with Crippen molar-refractivity contribution in [3.05, 3.63) is 72.0 Å². The van der Waals surface area contributed by atoms with E-state index in [9.17, 15) is 0 Å². The second kappa shape index (κ2) is 10.5. The molecule has 2 heteroatoms. The lowest BCUT2D eigenvalue weighted by Gasteiger charge is -2.21. The van der Waals surface area contributed by atoms with Crippen molar-refractivity contribution in [2.45, 2.75) is 54.5 Å². The minimum Gasteiger partial charge on any atom is -0.381 e. The van der Waals surface area contributed by atoms with Crippen LogP contribution in [0.1, 0.15) is 60.1 Å². The lowest BCUT2D eigenvalue weighted by atomic mass is 9.94. The van der Waals surface area contributed by atoms with Crippen LogP contribution in [0.15, 0.2) is 66.4 Å². The van der Waals surface area contributed by atoms with Gasteiger partial charge in [-0.15, -0.1) is 11.3 Å². The maximum atomic E-state index is 3.51. The molecular weight excluding hydrogens is 358 g/mol. The molecule has 1 atom stereocenters. The normalized spacial score (nSPS) is 15.6. The molecule has 1 unspecified atom stereocenters. The lowest BCUT2D eigenvalue weighted by Crippen LogP contribution is -2.17. The fourth-order valence-corrected chi connectivity index (χ4v) is 4.38. The van der Waals surface area contributed by atoms with Gasteiger partial charge in [-0.25, -0.2) is 0 Å². The summed E-state index contributed by atoms with van der Waals surface area (Å²) in [6, 6.07) is 15.6. The molecule has 150 valence electrons. The quantitative estimate of drug-likeness (QED) is 0.460. The Morgan fingerprint density at radius 1 is 0.857 bits per heavy atom. The first-order valence-corrected chi connectivity index (χ1v) is 11.3. The van der Waals surface area contributed by atoms with Crippen LogP contribution >= 0.6 is 11.3 Å². The van der Waals surface area contributed by atoms with Crippen molar-refractivity contribution in [3.8, 4) is 0 Å². The molecule has 2 aromatic carbocycles. The maximum absolute atomic E-state index is 3.51. The monoisotopic (exact) mass is 393 g/mol. The van der Waals surface area contributed by atoms with Crippen LogP contribution in [0.4, 0.5) is 0 Å². The molecule has 1 nitrogen and oxygen atoms in total. The molecule has 1 aliphatic heterocycles. The fourth-order valence-electron chi connectivity index (χ4n) is 3.12. The Labute approximate surface area is 175 Å². The highest BCUT2D eigenvalue weighted by molar-refractivity contribution is 7.26. The molecule has 1 aromatic heterocycles. The third-order valence-electron chi connectivity index (χ3n) is 4.35. The molecule has 0 saturated carbocycles. The molecule has 0 bridgehead atoms. The van der Waals surface area contributed by atoms with Crippen LogP contribution in [-0.2, 0) is 0 Å². The van der Waals surface area contributed by atoms with E-state index in [1.54, 1.807) is 0 Å². The first-order valence-electron chi connectivity index (χ1n) is 10.5. The molecule has 0 amide bonds. The van der Waals surface area contributed by atoms with Crippen molar-refractivity contribution in [3.63, 3.8) is 0 Å². The summed E-state index contributed by atoms with van der Waals surface area (Å²) in [4.78, 5) is 0. The van der Waals surface area contributed by atoms with Gasteiger partial charge in [0.25, 0.3) is 0 Å². The number of fused-ring (bicyclic) bond motifs is 3. The summed E-state index contributed by atoms with van der Waals surface area (Å²) in [7, 11) is 0. The molecule has 4 rings (SSSR count). The third-order valence-corrected chi connectivity index (χ3v) is 5.58. The van der Waals surface area contributed by atoms with Gasteiger partial charge >= 0.3 is 0 Å². The summed E-state index contributed by atoms with van der Waals surface area (Å²) in [6.07, 6.45) is 6.64. The molecule has 0 radical (unpaired) electrons. The molecule has 0 fully saturated rings. The average Bonchev–Trinajstić information content (AvgIpc) is 3.08. The van der Waals surface area contributed by atoms with Crippen molar-refractivity contribution in [2.75, 3.05) is 0 Å². The number of allylic oxidation sites excluding steroid dienone is 2. The molecular formula is C26H35NS. The van der Waals surface area contributed by atoms with E-state index in [1.807, 2.05) is 25.2 Å². The van der Waals surface area contributed by atoms with E-state index in [0.29, 0.717) is 5.92 Å². The zero-order valence-electron chi connectivity index (χ0n) is 18.4. The number of benzene rings is 2. The Hall–Kier alpha value is -2.06. The first kappa shape index (κ1) is 22.2. The van der Waals surface area contributed by atoms with Gasteiger partial charge in [-0.2, -0.15) is 0 Å². The maximum Gasteiger partial charge on any atom is 0.0712 e. The fraction of sp³-hybridized carbons (Fsp3) is 0.385. The second-order valence-electron chi connectivity index (χ2n) is 7.85. The van der Waals surface area contributed by atoms with Gasteiger partial charge in [-0.1, -0.05) is 90.9 Å². The van der Waals surface area contributed by atoms with Gasteiger partial charge < -0.3 is 5.32 Å². The highest BCUT2D eigenvalue weighted by Gasteiger charge is 2.17. The van der Waals surface area contributed by atoms with Crippen molar-refractivity contribution in [1.82, 2.24) is 5.32 Å². The van der Waals surface area contributed by atoms with Crippen LogP contribution in [0.5, 0.6) is 0 Å². The van der Waals surface area contributed by atoms with E-state index >= 15 is 0 Å². The van der Waals surface area contributed by atoms with Crippen molar-refractivity contribution < 1.29 is 0 Å². The van der Waals surface area contributed by atoms with Gasteiger partial charge in [-0.05, 0) is 41.3 Å². The molecule has 2 heterocycles. The summed E-state index contributed by atoms with van der Waals surface area (Å²) in [6.45, 7) is 15.0. The van der Waals surface area contributed by atoms with E-state index in [2.05, 4.69) is 101 Å². The highest BCUT2D eigenvalue weighted by Crippen LogP contribution is 2.38. The van der Waals surface area contributed by atoms with Gasteiger partial charge in [0.15, 0.2) is 0 Å². The zero-order valence-corrected chi connectivity index (χ0v) is 19.2. The SMILES string of the molecule is CC.CC(C)C.CC(C)C1=CC(c2cccc3c2sc2ccccc23)NC=C1. The number of thiophene rings is 1. The molecule has 0 aliphatic carbocycles. The van der Waals surface area contributed by atoms with Crippen LogP contribution in [0, 0.1) is 11.8 Å². The van der Waals surface area contributed by atoms with E-state index in [4.69, 9.17) is 0 Å². The predicted octanol–water partition coefficient (Wildman–Crippen LogP) is 8.48. The van der Waals surface area contributed by atoms with Gasteiger partial charge in [0, 0.05) is 20.2 Å². The predicted molar refractivity (Wildman–Crippen MR) is 129 cm³/mol. The van der Waals surface area contributed by atoms with Crippen LogP contribution in [0.2, 0.25) is 0 Å². The van der Waals surface area contributed by atoms with Gasteiger partial charge in [0.1, 0.15) is 0 Å². The molecule has 1 N–H and O–H groups in total. The standard InChI is InChI=1S/C20H19NS.C4H10.C2H6/c1-13(2)14-10-11-21-18(12-14)17-8-5-7-16-15-6-3-4-9-19(15)22-20(16)17;1-4(2)3;1-2/h3-13,18,21H,1-2H3;4H,1-3H3;1-2H3. The average molecular weight is 394 g/mol. The van der Waals surface area contributed by atoms with Crippen LogP contribution in [-0.4, -0.2) is 0 Å². The number of hydrogen-bond donors (Lipinski definition) is 1. The van der Waals surface area contributed by atoms with E-state index in [-0.39, 0.29) is 6.04 Å². The zero-order chi connectivity index (χ0) is 20.7. The first-order chi connectivity index (χ1) is 13.5. The minimum absolute atomic E-state index is 0.263. The molecule has 3 aromatic rings. The van der Waals surface area contributed by atoms with Crippen LogP contribution in [0.3, 0.4) is 0 Å². The smallest absolute Gasteiger partial charge is 0.0712 e. The van der Waals surface area contributed by atoms with Crippen LogP contribution < -0.4 is 5.32 Å². The van der Waals surface area contributed by atoms with E-state index < -0.39 is 0 Å². The molecule has 1 aliphatic rings. The van der Waals surface area contributed by atoms with Crippen molar-refractivity contribution in [2.24, 2.45) is 11.8 Å². The van der Waals surface area contributed by atoms with Gasteiger partial charge in [0.2, 0.25) is 0 Å². The lowest BCUT2D eigenvalue weighted by molar-refractivity contribution is 0.702. The largest absolute Gasteiger partial charge is 0.381 e. The second-order valence-corrected chi connectivity index (χ2v) is 8.91. The molecule has 0 saturated heterocycles. The van der Waals surface area contributed by atoms with Gasteiger partial charge in [-0.3, -0.25) is 0 Å². The topological polar surface area (TPSA) is 12.0 Å². The van der Waals surface area contributed by atoms with Crippen LogP contribution in [0.25, 0.3) is 20.2 Å². The Bertz CT molecular complexity index is 941. The number of rotatable bonds is 2. The summed E-state index contributed by atoms with van der Waals surface area (Å²) in [5.74, 6) is 1.39. The highest BCUT2D eigenvalue weighted by atomic mass is 32.1. The number of hydrogen-bond acceptors (Lipinski definition) is 2. The van der Waals surface area contributed by atoms with Gasteiger partial charge in [0.05, 0.1) is 6.04 Å². The Morgan fingerprint density at radius 3 is 2.18 bits per heavy atom. The summed E-state index contributed by atoms with van der Waals surface area (Å²) in [5.41, 5.74) is 2.78. The van der Waals surface area contributed by atoms with E-state index in [1.165, 1.54) is 31.3 Å². The Balaban J connectivity index is 0.000000419. The summed E-state index contributed by atoms with van der Waals surface area (Å²) < 4.78 is 2.76. The Morgan fingerprint density at radius 2 is 1.50 bits per heavy atom. The summed E-state index contributed by atoms with van der Waals surface area (Å²) >= 11 is 1.90. The third kappa shape index (κ3) is 5.26. The van der Waals surface area contributed by atoms with E-state index in [0.717, 1.165) is 5.92 Å². The Kier molecular flexibility index (Phi) is 8.32. The van der Waals surface area contributed by atoms with Crippen molar-refractivity contribution >= 4 is 31.5 Å². The molecule has 0 spiro atoms. The van der Waals surface area contributed by atoms with Crippen molar-refractivity contribution in [1.29, 1.82) is 0 Å². The molecule has 28 heavy (non-hydrogen) atoms. The number of dihydropyridines is 1. The number of nitrogens with one attached hydrogen (secondary N) is 1.